The Morgan fingerprint density at radius 3 is 2.58 bits per heavy atom. The fourth-order valence-corrected chi connectivity index (χ4v) is 4.37. The summed E-state index contributed by atoms with van der Waals surface area (Å²) in [5, 5.41) is 5.10. The number of nitrogens with one attached hydrogen (secondary N) is 1. The highest BCUT2D eigenvalue weighted by Gasteiger charge is 2.13. The number of hydrogen-bond donors (Lipinski definition) is 1. The van der Waals surface area contributed by atoms with Crippen LogP contribution in [0.3, 0.4) is 0 Å². The van der Waals surface area contributed by atoms with Crippen molar-refractivity contribution in [1.82, 2.24) is 4.98 Å². The molecule has 1 amide bonds. The number of amides is 1. The molecule has 0 spiro atoms. The Balaban J connectivity index is 1.27. The summed E-state index contributed by atoms with van der Waals surface area (Å²) in [7, 11) is 0. The zero-order valence-corrected chi connectivity index (χ0v) is 18.0. The molecule has 160 valence electrons. The number of anilines is 1. The number of thiazole rings is 1. The molecule has 0 unspecified atom stereocenters. The maximum Gasteiger partial charge on any atom is 0.250 e. The van der Waals surface area contributed by atoms with Gasteiger partial charge in [-0.25, -0.2) is 9.37 Å². The molecule has 0 atom stereocenters. The Morgan fingerprint density at radius 2 is 1.84 bits per heavy atom. The van der Waals surface area contributed by atoms with Crippen LogP contribution in [0.1, 0.15) is 37.7 Å². The van der Waals surface area contributed by atoms with E-state index < -0.39 is 0 Å². The molecule has 1 fully saturated rings. The van der Waals surface area contributed by atoms with Gasteiger partial charge in [-0.3, -0.25) is 10.1 Å². The Morgan fingerprint density at radius 1 is 1.10 bits per heavy atom. The molecule has 2 aromatic carbocycles. The lowest BCUT2D eigenvalue weighted by atomic mass is 9.90. The van der Waals surface area contributed by atoms with Gasteiger partial charge >= 0.3 is 0 Å². The van der Waals surface area contributed by atoms with Crippen molar-refractivity contribution in [2.24, 2.45) is 5.92 Å². The summed E-state index contributed by atoms with van der Waals surface area (Å²) < 4.78 is 19.0. The average molecular weight is 437 g/mol. The largest absolute Gasteiger partial charge is 0.493 e. The number of nitrogens with zero attached hydrogens (tertiary/aromatic N) is 1. The van der Waals surface area contributed by atoms with Gasteiger partial charge in [0.15, 0.2) is 5.13 Å². The first kappa shape index (κ1) is 21.2. The third kappa shape index (κ3) is 6.25. The van der Waals surface area contributed by atoms with Crippen LogP contribution in [0.25, 0.3) is 17.3 Å². The molecule has 1 saturated carbocycles. The van der Waals surface area contributed by atoms with E-state index in [0.717, 1.165) is 23.5 Å². The first-order valence-electron chi connectivity index (χ1n) is 10.6. The third-order valence-corrected chi connectivity index (χ3v) is 6.15. The second kappa shape index (κ2) is 10.4. The van der Waals surface area contributed by atoms with Crippen molar-refractivity contribution in [3.8, 4) is 17.0 Å². The summed E-state index contributed by atoms with van der Waals surface area (Å²) in [6.07, 6.45) is 9.75. The van der Waals surface area contributed by atoms with E-state index in [9.17, 15) is 9.18 Å². The van der Waals surface area contributed by atoms with Crippen LogP contribution in [-0.2, 0) is 4.79 Å². The summed E-state index contributed by atoms with van der Waals surface area (Å²) in [5.74, 6) is 0.994. The molecule has 1 aromatic heterocycles. The highest BCUT2D eigenvalue weighted by molar-refractivity contribution is 7.14. The van der Waals surface area contributed by atoms with Crippen LogP contribution in [0.4, 0.5) is 9.52 Å². The fraction of sp³-hybridized carbons (Fsp3) is 0.280. The molecular weight excluding hydrogens is 411 g/mol. The minimum Gasteiger partial charge on any atom is -0.493 e. The molecule has 1 aliphatic carbocycles. The van der Waals surface area contributed by atoms with Gasteiger partial charge in [-0.05, 0) is 66.8 Å². The van der Waals surface area contributed by atoms with Gasteiger partial charge in [0.1, 0.15) is 11.6 Å². The van der Waals surface area contributed by atoms with E-state index in [-0.39, 0.29) is 11.7 Å². The maximum absolute atomic E-state index is 13.1. The smallest absolute Gasteiger partial charge is 0.250 e. The van der Waals surface area contributed by atoms with Crippen molar-refractivity contribution in [3.63, 3.8) is 0 Å². The van der Waals surface area contributed by atoms with Gasteiger partial charge in [0, 0.05) is 17.0 Å². The van der Waals surface area contributed by atoms with Crippen LogP contribution in [0.2, 0.25) is 0 Å². The van der Waals surface area contributed by atoms with E-state index in [2.05, 4.69) is 10.3 Å². The molecule has 0 aliphatic heterocycles. The predicted octanol–water partition coefficient (Wildman–Crippen LogP) is 6.56. The number of ether oxygens (including phenoxy) is 1. The molecule has 4 rings (SSSR count). The Hall–Kier alpha value is -2.99. The molecule has 3 aromatic rings. The van der Waals surface area contributed by atoms with Crippen LogP contribution in [0.15, 0.2) is 60.0 Å². The normalized spacial score (nSPS) is 14.6. The summed E-state index contributed by atoms with van der Waals surface area (Å²) in [6.45, 7) is 0.783. The monoisotopic (exact) mass is 436 g/mol. The molecule has 31 heavy (non-hydrogen) atoms. The van der Waals surface area contributed by atoms with Gasteiger partial charge in [-0.15, -0.1) is 11.3 Å². The van der Waals surface area contributed by atoms with Crippen molar-refractivity contribution in [2.45, 2.75) is 32.1 Å². The van der Waals surface area contributed by atoms with E-state index in [0.29, 0.717) is 16.7 Å². The zero-order valence-electron chi connectivity index (χ0n) is 17.2. The van der Waals surface area contributed by atoms with Gasteiger partial charge in [0.25, 0.3) is 0 Å². The Bertz CT molecular complexity index is 1020. The van der Waals surface area contributed by atoms with Gasteiger partial charge in [0.2, 0.25) is 5.91 Å². The first-order chi connectivity index (χ1) is 15.2. The second-order valence-corrected chi connectivity index (χ2v) is 8.61. The molecular formula is C25H25FN2O2S. The van der Waals surface area contributed by atoms with E-state index in [4.69, 9.17) is 4.74 Å². The molecule has 4 nitrogen and oxygen atoms in total. The summed E-state index contributed by atoms with van der Waals surface area (Å²) in [6, 6.07) is 13.9. The Kier molecular flexibility index (Phi) is 7.10. The summed E-state index contributed by atoms with van der Waals surface area (Å²) in [5.41, 5.74) is 2.43. The molecule has 1 aliphatic rings. The number of benzene rings is 2. The number of carbonyl (C=O) groups excluding carboxylic acids is 1. The van der Waals surface area contributed by atoms with Crippen molar-refractivity contribution in [2.75, 3.05) is 11.9 Å². The van der Waals surface area contributed by atoms with Crippen molar-refractivity contribution >= 4 is 28.5 Å². The summed E-state index contributed by atoms with van der Waals surface area (Å²) >= 11 is 1.33. The van der Waals surface area contributed by atoms with Gasteiger partial charge in [-0.1, -0.05) is 31.4 Å². The van der Waals surface area contributed by atoms with E-state index in [1.165, 1.54) is 61.6 Å². The second-order valence-electron chi connectivity index (χ2n) is 7.75. The van der Waals surface area contributed by atoms with Crippen molar-refractivity contribution in [3.05, 3.63) is 71.4 Å². The maximum atomic E-state index is 13.1. The SMILES string of the molecule is O=C(/C=C/c1ccc(OCC2CCCCC2)cc1)Nc1nc(-c2ccc(F)cc2)cs1. The molecule has 0 bridgehead atoms. The van der Waals surface area contributed by atoms with Crippen molar-refractivity contribution < 1.29 is 13.9 Å². The molecule has 6 heteroatoms. The zero-order chi connectivity index (χ0) is 21.5. The topological polar surface area (TPSA) is 51.2 Å². The molecule has 0 saturated heterocycles. The predicted molar refractivity (Wildman–Crippen MR) is 124 cm³/mol. The minimum atomic E-state index is -0.290. The van der Waals surface area contributed by atoms with E-state index in [1.54, 1.807) is 18.2 Å². The summed E-state index contributed by atoms with van der Waals surface area (Å²) in [4.78, 5) is 16.6. The van der Waals surface area contributed by atoms with Crippen LogP contribution in [0, 0.1) is 11.7 Å². The van der Waals surface area contributed by atoms with Crippen LogP contribution in [0.5, 0.6) is 5.75 Å². The quantitative estimate of drug-likeness (QED) is 0.427. The highest BCUT2D eigenvalue weighted by atomic mass is 32.1. The van der Waals surface area contributed by atoms with E-state index in [1.807, 2.05) is 29.6 Å². The number of rotatable bonds is 7. The first-order valence-corrected chi connectivity index (χ1v) is 11.5. The number of halogens is 1. The fourth-order valence-electron chi connectivity index (χ4n) is 3.65. The lowest BCUT2D eigenvalue weighted by Gasteiger charge is -2.21. The van der Waals surface area contributed by atoms with Crippen LogP contribution in [-0.4, -0.2) is 17.5 Å². The average Bonchev–Trinajstić information content (AvgIpc) is 3.26. The van der Waals surface area contributed by atoms with Crippen LogP contribution >= 0.6 is 11.3 Å². The van der Waals surface area contributed by atoms with Gasteiger partial charge < -0.3 is 4.74 Å². The lowest BCUT2D eigenvalue weighted by Crippen LogP contribution is -2.15. The molecule has 1 N–H and O–H groups in total. The minimum absolute atomic E-state index is 0.252. The standard InChI is InChI=1S/C25H25FN2O2S/c26-21-11-9-20(10-12-21)23-17-31-25(27-23)28-24(29)15-8-18-6-13-22(14-7-18)30-16-19-4-2-1-3-5-19/h6-15,17,19H,1-5,16H2,(H,27,28,29)/b15-8+. The number of carbonyl (C=O) groups is 1. The Labute approximate surface area is 185 Å². The van der Waals surface area contributed by atoms with Crippen molar-refractivity contribution in [1.29, 1.82) is 0 Å². The van der Waals surface area contributed by atoms with E-state index >= 15 is 0 Å². The molecule has 1 heterocycles. The van der Waals surface area contributed by atoms with Crippen LogP contribution < -0.4 is 10.1 Å². The van der Waals surface area contributed by atoms with Gasteiger partial charge in [-0.2, -0.15) is 0 Å². The number of aromatic nitrogens is 1. The molecule has 0 radical (unpaired) electrons. The highest BCUT2D eigenvalue weighted by Crippen LogP contribution is 2.26. The van der Waals surface area contributed by atoms with Gasteiger partial charge in [0.05, 0.1) is 12.3 Å². The third-order valence-electron chi connectivity index (χ3n) is 5.39. The lowest BCUT2D eigenvalue weighted by molar-refractivity contribution is -0.111. The number of hydrogen-bond acceptors (Lipinski definition) is 4.